The van der Waals surface area contributed by atoms with Crippen LogP contribution in [-0.2, 0) is 34.1 Å². The van der Waals surface area contributed by atoms with E-state index in [2.05, 4.69) is 5.16 Å². The highest BCUT2D eigenvalue weighted by Gasteiger charge is 2.31. The molecular formula is C21H27N3O4S. The number of nitrogens with zero attached hydrogens (tertiary/aromatic N) is 3. The minimum absolute atomic E-state index is 0.0229. The summed E-state index contributed by atoms with van der Waals surface area (Å²) in [7, 11) is -3.54. The summed E-state index contributed by atoms with van der Waals surface area (Å²) in [6.45, 7) is 5.03. The van der Waals surface area contributed by atoms with Crippen LogP contribution in [0, 0.1) is 13.8 Å². The maximum Gasteiger partial charge on any atom is 0.243 e. The highest BCUT2D eigenvalue weighted by Crippen LogP contribution is 2.26. The highest BCUT2D eigenvalue weighted by molar-refractivity contribution is 7.89. The van der Waals surface area contributed by atoms with Gasteiger partial charge in [0, 0.05) is 31.7 Å². The minimum atomic E-state index is -3.54. The van der Waals surface area contributed by atoms with Crippen molar-refractivity contribution >= 4 is 15.9 Å². The number of hydrogen-bond acceptors (Lipinski definition) is 5. The lowest BCUT2D eigenvalue weighted by Gasteiger charge is -2.34. The zero-order valence-electron chi connectivity index (χ0n) is 17.0. The lowest BCUT2D eigenvalue weighted by atomic mass is 9.92. The standard InChI is InChI=1S/C21H27N3O4S/c1-15-20(16(2)28-22-15)14-21(25)23-9-11-24(12-10-23)29(26,27)19-8-7-17-5-3-4-6-18(17)13-19/h7-8,13H,3-6,9-12,14H2,1-2H3. The number of amides is 1. The van der Waals surface area contributed by atoms with E-state index in [0.29, 0.717) is 36.8 Å². The van der Waals surface area contributed by atoms with Gasteiger partial charge in [0.2, 0.25) is 15.9 Å². The molecule has 0 bridgehead atoms. The molecule has 0 radical (unpaired) electrons. The number of fused-ring (bicyclic) bond motifs is 1. The van der Waals surface area contributed by atoms with E-state index in [0.717, 1.165) is 36.1 Å². The molecule has 0 unspecified atom stereocenters. The number of hydrogen-bond donors (Lipinski definition) is 0. The van der Waals surface area contributed by atoms with Crippen LogP contribution in [0.2, 0.25) is 0 Å². The van der Waals surface area contributed by atoms with Crippen molar-refractivity contribution in [1.82, 2.24) is 14.4 Å². The molecule has 0 spiro atoms. The normalized spacial score (nSPS) is 17.9. The van der Waals surface area contributed by atoms with Gasteiger partial charge in [-0.05, 0) is 62.8 Å². The molecule has 0 atom stereocenters. The number of sulfonamides is 1. The molecule has 4 rings (SSSR count). The number of carbonyl (C=O) groups excluding carboxylic acids is 1. The topological polar surface area (TPSA) is 83.7 Å². The van der Waals surface area contributed by atoms with Crippen molar-refractivity contribution < 1.29 is 17.7 Å². The molecule has 2 aromatic rings. The average Bonchev–Trinajstić information content (AvgIpc) is 3.05. The number of carbonyl (C=O) groups is 1. The van der Waals surface area contributed by atoms with E-state index in [-0.39, 0.29) is 12.3 Å². The van der Waals surface area contributed by atoms with E-state index in [9.17, 15) is 13.2 Å². The fourth-order valence-corrected chi connectivity index (χ4v) is 5.69. The Kier molecular flexibility index (Phi) is 5.48. The Morgan fingerprint density at radius 3 is 2.41 bits per heavy atom. The van der Waals surface area contributed by atoms with Crippen LogP contribution in [0.3, 0.4) is 0 Å². The lowest BCUT2D eigenvalue weighted by molar-refractivity contribution is -0.131. The Morgan fingerprint density at radius 2 is 1.76 bits per heavy atom. The summed E-state index contributed by atoms with van der Waals surface area (Å²) in [5.74, 6) is 0.634. The van der Waals surface area contributed by atoms with E-state index in [4.69, 9.17) is 4.52 Å². The van der Waals surface area contributed by atoms with Crippen molar-refractivity contribution in [3.63, 3.8) is 0 Å². The molecule has 156 valence electrons. The van der Waals surface area contributed by atoms with Gasteiger partial charge < -0.3 is 9.42 Å². The zero-order valence-corrected chi connectivity index (χ0v) is 17.8. The summed E-state index contributed by atoms with van der Waals surface area (Å²) < 4.78 is 32.8. The second-order valence-corrected chi connectivity index (χ2v) is 9.84. The fraction of sp³-hybridized carbons (Fsp3) is 0.524. The van der Waals surface area contributed by atoms with Crippen LogP contribution in [-0.4, -0.2) is 54.9 Å². The number of aryl methyl sites for hydroxylation is 4. The van der Waals surface area contributed by atoms with Crippen molar-refractivity contribution in [3.05, 3.63) is 46.3 Å². The van der Waals surface area contributed by atoms with E-state index in [1.807, 2.05) is 19.1 Å². The van der Waals surface area contributed by atoms with Gasteiger partial charge in [0.1, 0.15) is 5.76 Å². The third kappa shape index (κ3) is 3.96. The Balaban J connectivity index is 1.41. The SMILES string of the molecule is Cc1noc(C)c1CC(=O)N1CCN(S(=O)(=O)c2ccc3c(c2)CCCC3)CC1. The predicted molar refractivity (Wildman–Crippen MR) is 108 cm³/mol. The van der Waals surface area contributed by atoms with Gasteiger partial charge in [0.05, 0.1) is 17.0 Å². The van der Waals surface area contributed by atoms with Gasteiger partial charge in [-0.15, -0.1) is 0 Å². The Hall–Kier alpha value is -2.19. The number of piperazine rings is 1. The lowest BCUT2D eigenvalue weighted by Crippen LogP contribution is -2.50. The molecule has 2 aliphatic rings. The first-order valence-corrected chi connectivity index (χ1v) is 11.6. The molecule has 7 nitrogen and oxygen atoms in total. The summed E-state index contributed by atoms with van der Waals surface area (Å²) in [6, 6.07) is 5.54. The van der Waals surface area contributed by atoms with Crippen LogP contribution in [0.15, 0.2) is 27.6 Å². The van der Waals surface area contributed by atoms with Crippen LogP contribution in [0.5, 0.6) is 0 Å². The van der Waals surface area contributed by atoms with Crippen molar-refractivity contribution in [2.75, 3.05) is 26.2 Å². The van der Waals surface area contributed by atoms with E-state index >= 15 is 0 Å². The second kappa shape index (κ2) is 7.91. The average molecular weight is 418 g/mol. The summed E-state index contributed by atoms with van der Waals surface area (Å²) in [6.07, 6.45) is 4.49. The fourth-order valence-electron chi connectivity index (χ4n) is 4.21. The molecule has 8 heteroatoms. The summed E-state index contributed by atoms with van der Waals surface area (Å²) in [5, 5.41) is 3.89. The number of rotatable bonds is 4. The second-order valence-electron chi connectivity index (χ2n) is 7.90. The van der Waals surface area contributed by atoms with Gasteiger partial charge in [0.15, 0.2) is 0 Å². The molecular weight excluding hydrogens is 390 g/mol. The van der Waals surface area contributed by atoms with Crippen LogP contribution in [0.25, 0.3) is 0 Å². The highest BCUT2D eigenvalue weighted by atomic mass is 32.2. The van der Waals surface area contributed by atoms with Crippen LogP contribution >= 0.6 is 0 Å². The zero-order chi connectivity index (χ0) is 20.6. The Morgan fingerprint density at radius 1 is 1.07 bits per heavy atom. The van der Waals surface area contributed by atoms with Gasteiger partial charge in [-0.1, -0.05) is 11.2 Å². The molecule has 0 saturated carbocycles. The molecule has 29 heavy (non-hydrogen) atoms. The van der Waals surface area contributed by atoms with Gasteiger partial charge in [-0.3, -0.25) is 4.79 Å². The molecule has 1 fully saturated rings. The Bertz CT molecular complexity index is 1000. The molecule has 1 aliphatic carbocycles. The molecule has 1 amide bonds. The van der Waals surface area contributed by atoms with Crippen molar-refractivity contribution in [2.45, 2.75) is 50.8 Å². The maximum atomic E-state index is 13.1. The van der Waals surface area contributed by atoms with Gasteiger partial charge in [-0.2, -0.15) is 4.31 Å². The van der Waals surface area contributed by atoms with Crippen molar-refractivity contribution in [2.24, 2.45) is 0 Å². The number of aromatic nitrogens is 1. The summed E-state index contributed by atoms with van der Waals surface area (Å²) >= 11 is 0. The molecule has 1 aliphatic heterocycles. The van der Waals surface area contributed by atoms with Gasteiger partial charge in [-0.25, -0.2) is 8.42 Å². The number of benzene rings is 1. The first kappa shape index (κ1) is 20.1. The van der Waals surface area contributed by atoms with Gasteiger partial charge >= 0.3 is 0 Å². The van der Waals surface area contributed by atoms with Crippen LogP contribution < -0.4 is 0 Å². The van der Waals surface area contributed by atoms with Crippen molar-refractivity contribution in [1.29, 1.82) is 0 Å². The first-order chi connectivity index (χ1) is 13.9. The molecule has 1 aromatic heterocycles. The first-order valence-electron chi connectivity index (χ1n) is 10.2. The maximum absolute atomic E-state index is 13.1. The molecule has 1 saturated heterocycles. The van der Waals surface area contributed by atoms with Crippen LogP contribution in [0.4, 0.5) is 0 Å². The predicted octanol–water partition coefficient (Wildman–Crippen LogP) is 2.25. The van der Waals surface area contributed by atoms with E-state index in [1.165, 1.54) is 16.3 Å². The Labute approximate surface area is 171 Å². The monoisotopic (exact) mass is 417 g/mol. The minimum Gasteiger partial charge on any atom is -0.361 e. The third-order valence-corrected chi connectivity index (χ3v) is 7.95. The molecule has 2 heterocycles. The van der Waals surface area contributed by atoms with Crippen LogP contribution in [0.1, 0.15) is 41.0 Å². The third-order valence-electron chi connectivity index (χ3n) is 6.06. The van der Waals surface area contributed by atoms with E-state index < -0.39 is 10.0 Å². The smallest absolute Gasteiger partial charge is 0.243 e. The van der Waals surface area contributed by atoms with Gasteiger partial charge in [0.25, 0.3) is 0 Å². The van der Waals surface area contributed by atoms with E-state index in [1.54, 1.807) is 17.9 Å². The quantitative estimate of drug-likeness (QED) is 0.762. The molecule has 1 aromatic carbocycles. The summed E-state index contributed by atoms with van der Waals surface area (Å²) in [4.78, 5) is 14.7. The molecule has 0 N–H and O–H groups in total. The largest absolute Gasteiger partial charge is 0.361 e. The van der Waals surface area contributed by atoms with Crippen molar-refractivity contribution in [3.8, 4) is 0 Å². The summed E-state index contributed by atoms with van der Waals surface area (Å²) in [5.41, 5.74) is 3.97.